The summed E-state index contributed by atoms with van der Waals surface area (Å²) in [4.78, 5) is 27.5. The van der Waals surface area contributed by atoms with E-state index >= 15 is 0 Å². The molecule has 0 saturated carbocycles. The lowest BCUT2D eigenvalue weighted by Gasteiger charge is -2.36. The van der Waals surface area contributed by atoms with Gasteiger partial charge in [0.1, 0.15) is 17.0 Å². The summed E-state index contributed by atoms with van der Waals surface area (Å²) in [5, 5.41) is 14.1. The average molecular weight is 441 g/mol. The topological polar surface area (TPSA) is 112 Å². The maximum atomic E-state index is 14.9. The van der Waals surface area contributed by atoms with Crippen LogP contribution in [-0.2, 0) is 19.7 Å². The van der Waals surface area contributed by atoms with Gasteiger partial charge in [-0.1, -0.05) is 11.8 Å². The number of nitrogens with zero attached hydrogens (tertiary/aromatic N) is 2. The molecule has 0 aliphatic carbocycles. The number of methoxy groups -OCH3 is 1. The Balaban J connectivity index is 2.02. The molecule has 2 aliphatic rings. The Hall–Kier alpha value is -2.24. The van der Waals surface area contributed by atoms with Gasteiger partial charge < -0.3 is 14.2 Å². The van der Waals surface area contributed by atoms with Gasteiger partial charge in [-0.05, 0) is 26.8 Å². The number of amidine groups is 1. The Morgan fingerprint density at radius 3 is 2.87 bits per heavy atom. The van der Waals surface area contributed by atoms with Crippen LogP contribution >= 0.6 is 11.8 Å². The van der Waals surface area contributed by atoms with Gasteiger partial charge in [-0.15, -0.1) is 0 Å². The van der Waals surface area contributed by atoms with Crippen LogP contribution in [0.5, 0.6) is 0 Å². The zero-order valence-electron chi connectivity index (χ0n) is 17.1. The van der Waals surface area contributed by atoms with Gasteiger partial charge in [0, 0.05) is 36.5 Å². The van der Waals surface area contributed by atoms with Crippen LogP contribution in [0.2, 0.25) is 0 Å². The van der Waals surface area contributed by atoms with Gasteiger partial charge in [-0.3, -0.25) is 15.4 Å². The van der Waals surface area contributed by atoms with Crippen molar-refractivity contribution >= 4 is 28.7 Å². The Morgan fingerprint density at radius 2 is 2.23 bits per heavy atom. The molecule has 9 nitrogen and oxygen atoms in total. The first kappa shape index (κ1) is 22.4. The predicted molar refractivity (Wildman–Crippen MR) is 109 cm³/mol. The second-order valence-electron chi connectivity index (χ2n) is 8.11. The zero-order chi connectivity index (χ0) is 22.1. The Morgan fingerprint density at radius 1 is 1.50 bits per heavy atom. The standard InChI is InChI=1S/C19H24FN3O6S/c1-18(2,3)29-17(24)21-16-22-19(10-28-15(8-27-4)13(19)9-30-16)12-7-11(23(25)26)5-6-14(12)20/h5-7,13,15H,8-10H2,1-4H3,(H,21,22,24)/t13-,15?,19-/m1/s1. The number of carbonyl (C=O) groups is 1. The van der Waals surface area contributed by atoms with E-state index in [-0.39, 0.29) is 41.7 Å². The molecule has 1 N–H and O–H groups in total. The van der Waals surface area contributed by atoms with E-state index in [9.17, 15) is 19.3 Å². The summed E-state index contributed by atoms with van der Waals surface area (Å²) >= 11 is 1.28. The number of benzene rings is 1. The molecule has 3 atom stereocenters. The largest absolute Gasteiger partial charge is 0.444 e. The molecule has 2 heterocycles. The number of nitrogens with one attached hydrogen (secondary N) is 1. The molecule has 0 spiro atoms. The molecule has 30 heavy (non-hydrogen) atoms. The first-order chi connectivity index (χ1) is 14.1. The van der Waals surface area contributed by atoms with Gasteiger partial charge in [-0.2, -0.15) is 0 Å². The van der Waals surface area contributed by atoms with Crippen molar-refractivity contribution < 1.29 is 28.3 Å². The summed E-state index contributed by atoms with van der Waals surface area (Å²) < 4.78 is 31.2. The molecular weight excluding hydrogens is 417 g/mol. The normalized spacial score (nSPS) is 26.0. The lowest BCUT2D eigenvalue weighted by Crippen LogP contribution is -2.45. The van der Waals surface area contributed by atoms with Gasteiger partial charge >= 0.3 is 6.09 Å². The van der Waals surface area contributed by atoms with E-state index in [1.165, 1.54) is 24.9 Å². The second-order valence-corrected chi connectivity index (χ2v) is 9.12. The van der Waals surface area contributed by atoms with Crippen LogP contribution in [0.3, 0.4) is 0 Å². The molecule has 1 aromatic carbocycles. The first-order valence-electron chi connectivity index (χ1n) is 9.33. The van der Waals surface area contributed by atoms with Gasteiger partial charge in [0.05, 0.1) is 24.2 Å². The van der Waals surface area contributed by atoms with Crippen LogP contribution < -0.4 is 5.32 Å². The minimum atomic E-state index is -1.23. The monoisotopic (exact) mass is 441 g/mol. The number of hydrogen-bond acceptors (Lipinski definition) is 8. The molecule has 1 aromatic rings. The van der Waals surface area contributed by atoms with E-state index in [4.69, 9.17) is 14.2 Å². The lowest BCUT2D eigenvalue weighted by molar-refractivity contribution is -0.385. The maximum Gasteiger partial charge on any atom is 0.413 e. The fraction of sp³-hybridized carbons (Fsp3) is 0.579. The number of thioether (sulfide) groups is 1. The number of nitro benzene ring substituents is 1. The maximum absolute atomic E-state index is 14.9. The summed E-state index contributed by atoms with van der Waals surface area (Å²) in [5.74, 6) is -0.479. The highest BCUT2D eigenvalue weighted by molar-refractivity contribution is 8.13. The summed E-state index contributed by atoms with van der Waals surface area (Å²) in [7, 11) is 1.53. The number of amides is 1. The van der Waals surface area contributed by atoms with Gasteiger partial charge in [-0.25, -0.2) is 14.2 Å². The quantitative estimate of drug-likeness (QED) is 0.564. The summed E-state index contributed by atoms with van der Waals surface area (Å²) in [5.41, 5.74) is -2.11. The van der Waals surface area contributed by atoms with Crippen molar-refractivity contribution in [1.82, 2.24) is 5.32 Å². The predicted octanol–water partition coefficient (Wildman–Crippen LogP) is 3.22. The molecule has 1 unspecified atom stereocenters. The second kappa shape index (κ2) is 8.48. The number of non-ortho nitro benzene ring substituents is 1. The number of fused-ring (bicyclic) bond motifs is 1. The Bertz CT molecular complexity index is 874. The third-order valence-corrected chi connectivity index (χ3v) is 5.84. The van der Waals surface area contributed by atoms with Crippen LogP contribution in [0.15, 0.2) is 23.2 Å². The highest BCUT2D eigenvalue weighted by Crippen LogP contribution is 2.49. The summed E-state index contributed by atoms with van der Waals surface area (Å²) in [6.07, 6.45) is -1.05. The molecule has 0 aromatic heterocycles. The van der Waals surface area contributed by atoms with Crippen LogP contribution in [-0.4, -0.2) is 54.0 Å². The number of halogens is 1. The van der Waals surface area contributed by atoms with E-state index in [2.05, 4.69) is 10.3 Å². The fourth-order valence-electron chi connectivity index (χ4n) is 3.59. The number of rotatable bonds is 4. The third-order valence-electron chi connectivity index (χ3n) is 4.85. The summed E-state index contributed by atoms with van der Waals surface area (Å²) in [6, 6.07) is 3.35. The molecule has 11 heteroatoms. The molecule has 0 radical (unpaired) electrons. The first-order valence-corrected chi connectivity index (χ1v) is 10.3. The fourth-order valence-corrected chi connectivity index (χ4v) is 4.80. The van der Waals surface area contributed by atoms with Crippen molar-refractivity contribution in [2.75, 3.05) is 26.1 Å². The molecule has 1 saturated heterocycles. The van der Waals surface area contributed by atoms with Crippen LogP contribution in [0.25, 0.3) is 0 Å². The van der Waals surface area contributed by atoms with Crippen molar-refractivity contribution in [2.24, 2.45) is 10.9 Å². The number of ether oxygens (including phenoxy) is 3. The van der Waals surface area contributed by atoms with E-state index in [0.717, 1.165) is 12.1 Å². The Kier molecular flexibility index (Phi) is 6.34. The number of carbonyl (C=O) groups excluding carboxylic acids is 1. The van der Waals surface area contributed by atoms with Crippen molar-refractivity contribution in [3.63, 3.8) is 0 Å². The number of aliphatic imine (C=N–C) groups is 1. The molecule has 1 amide bonds. The number of nitro groups is 1. The molecular formula is C19H24FN3O6S. The average Bonchev–Trinajstić information content (AvgIpc) is 2.99. The minimum Gasteiger partial charge on any atom is -0.444 e. The molecule has 0 bridgehead atoms. The van der Waals surface area contributed by atoms with E-state index < -0.39 is 28.0 Å². The van der Waals surface area contributed by atoms with Gasteiger partial charge in [0.2, 0.25) is 0 Å². The lowest BCUT2D eigenvalue weighted by atomic mass is 9.78. The number of alkyl carbamates (subject to hydrolysis) is 1. The van der Waals surface area contributed by atoms with Gasteiger partial charge in [0.15, 0.2) is 5.17 Å². The van der Waals surface area contributed by atoms with E-state index in [0.29, 0.717) is 5.75 Å². The molecule has 164 valence electrons. The smallest absolute Gasteiger partial charge is 0.413 e. The van der Waals surface area contributed by atoms with Crippen molar-refractivity contribution in [1.29, 1.82) is 0 Å². The van der Waals surface area contributed by atoms with E-state index in [1.54, 1.807) is 20.8 Å². The van der Waals surface area contributed by atoms with Crippen LogP contribution in [0.1, 0.15) is 26.3 Å². The minimum absolute atomic E-state index is 0.00381. The number of hydrogen-bond donors (Lipinski definition) is 1. The molecule has 2 aliphatic heterocycles. The Labute approximate surface area is 177 Å². The van der Waals surface area contributed by atoms with Crippen LogP contribution in [0, 0.1) is 21.8 Å². The van der Waals surface area contributed by atoms with Gasteiger partial charge in [0.25, 0.3) is 5.69 Å². The van der Waals surface area contributed by atoms with Crippen molar-refractivity contribution in [3.8, 4) is 0 Å². The molecule has 3 rings (SSSR count). The zero-order valence-corrected chi connectivity index (χ0v) is 18.0. The summed E-state index contributed by atoms with van der Waals surface area (Å²) in [6.45, 7) is 5.48. The third kappa shape index (κ3) is 4.57. The van der Waals surface area contributed by atoms with Crippen molar-refractivity contribution in [3.05, 3.63) is 39.7 Å². The van der Waals surface area contributed by atoms with Crippen molar-refractivity contribution in [2.45, 2.75) is 38.0 Å². The SMILES string of the molecule is COCC1OC[C@]2(c3cc([N+](=O)[O-])ccc3F)N=C(NC(=O)OC(C)(C)C)SC[C@H]12. The van der Waals surface area contributed by atoms with Crippen LogP contribution in [0.4, 0.5) is 14.9 Å². The molecule has 1 fully saturated rings. The van der Waals surface area contributed by atoms with E-state index in [1.807, 2.05) is 0 Å². The highest BCUT2D eigenvalue weighted by Gasteiger charge is 2.54. The highest BCUT2D eigenvalue weighted by atomic mass is 32.2.